The van der Waals surface area contributed by atoms with Crippen LogP contribution in [-0.4, -0.2) is 32.0 Å². The molecule has 51 heavy (non-hydrogen) atoms. The Kier molecular flexibility index (Phi) is 5.31. The van der Waals surface area contributed by atoms with Crippen molar-refractivity contribution < 1.29 is 13.0 Å². The quantitative estimate of drug-likeness (QED) is 0.159. The van der Waals surface area contributed by atoms with Crippen molar-refractivity contribution >= 4 is 75.8 Å². The predicted octanol–water partition coefficient (Wildman–Crippen LogP) is 6.19. The highest BCUT2D eigenvalue weighted by Gasteiger charge is 2.45. The van der Waals surface area contributed by atoms with Crippen LogP contribution in [-0.2, 0) is 0 Å². The first-order valence-electron chi connectivity index (χ1n) is 20.5. The summed E-state index contributed by atoms with van der Waals surface area (Å²) in [5.74, 6) is 1.47. The number of hydrogen-bond donors (Lipinski definition) is 0. The van der Waals surface area contributed by atoms with Gasteiger partial charge in [0.15, 0.2) is 8.07 Å². The third kappa shape index (κ3) is 4.33. The van der Waals surface area contributed by atoms with Crippen molar-refractivity contribution in [3.05, 3.63) is 175 Å². The van der Waals surface area contributed by atoms with Crippen molar-refractivity contribution in [3.63, 3.8) is 0 Å². The molecule has 1 unspecified atom stereocenters. The molecule has 7 aromatic carbocycles. The molecule has 244 valence electrons. The van der Waals surface area contributed by atoms with Crippen LogP contribution in [0.3, 0.4) is 0 Å². The highest BCUT2D eigenvalue weighted by molar-refractivity contribution is 7.20. The molecule has 2 aromatic heterocycles. The van der Waals surface area contributed by atoms with Gasteiger partial charge in [0, 0.05) is 15.1 Å². The lowest BCUT2D eigenvalue weighted by Gasteiger charge is -2.37. The molecule has 0 saturated heterocycles. The van der Waals surface area contributed by atoms with Gasteiger partial charge >= 0.3 is 0 Å². The van der Waals surface area contributed by atoms with E-state index in [9.17, 15) is 1.23 Å². The predicted molar refractivity (Wildman–Crippen MR) is 217 cm³/mol. The van der Waals surface area contributed by atoms with Crippen LogP contribution in [0.1, 0.15) is 13.8 Å². The fourth-order valence-electron chi connectivity index (χ4n) is 8.04. The van der Waals surface area contributed by atoms with Crippen molar-refractivity contribution in [2.24, 2.45) is 0 Å². The molecule has 1 aliphatic rings. The van der Waals surface area contributed by atoms with Gasteiger partial charge in [0.05, 0.1) is 22.1 Å². The largest absolute Gasteiger partial charge is 0.458 e. The Morgan fingerprint density at radius 3 is 1.98 bits per heavy atom. The van der Waals surface area contributed by atoms with Gasteiger partial charge in [0.2, 0.25) is 5.78 Å². The lowest BCUT2D eigenvalue weighted by Crippen LogP contribution is -2.75. The molecule has 0 radical (unpaired) electrons. The van der Waals surface area contributed by atoms with E-state index in [4.69, 9.17) is 17.9 Å². The minimum absolute atomic E-state index is 0.204. The van der Waals surface area contributed by atoms with Gasteiger partial charge in [-0.15, -0.1) is 0 Å². The number of nitrogens with zero attached hydrogens (tertiary/aromatic N) is 3. The van der Waals surface area contributed by atoms with Gasteiger partial charge in [-0.25, -0.2) is 4.98 Å². The highest BCUT2D eigenvalue weighted by atomic mass is 28.3. The SMILES string of the molecule is [2H]C([2H])([2H])c1cccc2c1nc1n(-c3ccc([Si](c4ccccc4)(c4ccccc4)c4cccc5c4Oc4ccccc4[Si]5([2H])C([2H])([2H])[2H])cc3)c3ccccc3n21. The number of fused-ring (bicyclic) bond motifs is 7. The maximum Gasteiger partial charge on any atom is 0.220 e. The molecule has 0 amide bonds. The zero-order valence-corrected chi connectivity index (χ0v) is 29.4. The second kappa shape index (κ2) is 11.6. The van der Waals surface area contributed by atoms with Gasteiger partial charge < -0.3 is 4.74 Å². The van der Waals surface area contributed by atoms with Gasteiger partial charge in [0.1, 0.15) is 20.2 Å². The van der Waals surface area contributed by atoms with Crippen LogP contribution in [0.25, 0.3) is 33.5 Å². The topological polar surface area (TPSA) is 31.5 Å². The Morgan fingerprint density at radius 1 is 0.608 bits per heavy atom. The summed E-state index contributed by atoms with van der Waals surface area (Å²) in [6.07, 6.45) is 0. The Labute approximate surface area is 309 Å². The Bertz CT molecular complexity index is 3000. The number of aromatic nitrogens is 3. The number of benzene rings is 7. The zero-order chi connectivity index (χ0) is 40.0. The van der Waals surface area contributed by atoms with Crippen LogP contribution >= 0.6 is 0 Å². The van der Waals surface area contributed by atoms with E-state index in [0.29, 0.717) is 33.2 Å². The van der Waals surface area contributed by atoms with Gasteiger partial charge in [-0.1, -0.05) is 140 Å². The van der Waals surface area contributed by atoms with Gasteiger partial charge in [0.25, 0.3) is 0 Å². The first-order valence-corrected chi connectivity index (χ1v) is 20.5. The zero-order valence-electron chi connectivity index (χ0n) is 34.4. The van der Waals surface area contributed by atoms with Crippen molar-refractivity contribution in [3.8, 4) is 17.2 Å². The summed E-state index contributed by atoms with van der Waals surface area (Å²) >= 11 is 0. The summed E-state index contributed by atoms with van der Waals surface area (Å²) in [4.78, 5) is 5.01. The van der Waals surface area contributed by atoms with Gasteiger partial charge in [-0.2, -0.15) is 0 Å². The third-order valence-electron chi connectivity index (χ3n) is 10.3. The standard InChI is InChI=1S/C45H35N3OSi2/c1-31-15-13-22-38-43(31)46-45-47(36-20-9-10-21-37(36)48(38)45)32-27-29-35(30-28-32)51(33-16-5-3-6-17-33,34-18-7-4-8-19-34)42-26-14-25-41-44(42)49-39-23-11-12-24-40(39)50(41)2/h3-30,50H,1-2H3/i1D3,2D3,50D. The average molecular weight is 697 g/mol. The second-order valence-corrected chi connectivity index (χ2v) is 18.5. The molecule has 9 aromatic rings. The molecule has 0 saturated carbocycles. The number of ether oxygens (including phenoxy) is 1. The maximum atomic E-state index is 9.95. The van der Waals surface area contributed by atoms with E-state index in [0.717, 1.165) is 43.0 Å². The second-order valence-electron chi connectivity index (χ2n) is 12.9. The monoisotopic (exact) mass is 696 g/mol. The van der Waals surface area contributed by atoms with Crippen LogP contribution in [0.4, 0.5) is 0 Å². The first-order chi connectivity index (χ1) is 27.9. The van der Waals surface area contributed by atoms with E-state index in [-0.39, 0.29) is 5.56 Å². The molecular formula is C45H35N3OSi2. The van der Waals surface area contributed by atoms with E-state index >= 15 is 0 Å². The number of aryl methyl sites for hydroxylation is 1. The number of rotatable bonds is 5. The molecular weight excluding hydrogens is 655 g/mol. The molecule has 4 nitrogen and oxygen atoms in total. The van der Waals surface area contributed by atoms with E-state index in [1.807, 2.05) is 83.3 Å². The number of hydrogen-bond acceptors (Lipinski definition) is 2. The molecule has 0 N–H and O–H groups in total. The lowest BCUT2D eigenvalue weighted by molar-refractivity contribution is 0.491. The normalized spacial score (nSPS) is 18.0. The van der Waals surface area contributed by atoms with E-state index in [2.05, 4.69) is 59.2 Å². The average Bonchev–Trinajstić information content (AvgIpc) is 3.76. The van der Waals surface area contributed by atoms with Crippen molar-refractivity contribution in [1.82, 2.24) is 14.0 Å². The molecule has 6 heteroatoms. The number of para-hydroxylation sites is 5. The molecule has 1 aliphatic heterocycles. The van der Waals surface area contributed by atoms with Crippen LogP contribution in [0.15, 0.2) is 170 Å². The summed E-state index contributed by atoms with van der Waals surface area (Å²) in [6, 6.07) is 55.3. The van der Waals surface area contributed by atoms with Crippen molar-refractivity contribution in [2.75, 3.05) is 0 Å². The van der Waals surface area contributed by atoms with Crippen molar-refractivity contribution in [2.45, 2.75) is 13.3 Å². The summed E-state index contributed by atoms with van der Waals surface area (Å²) in [6.45, 7) is -4.91. The minimum Gasteiger partial charge on any atom is -0.458 e. The molecule has 1 atom stereocenters. The highest BCUT2D eigenvalue weighted by Crippen LogP contribution is 2.31. The molecule has 0 aliphatic carbocycles. The van der Waals surface area contributed by atoms with Crippen LogP contribution in [0.2, 0.25) is 6.48 Å². The van der Waals surface area contributed by atoms with Crippen LogP contribution in [0, 0.1) is 6.85 Å². The fourth-order valence-corrected chi connectivity index (χ4v) is 14.6. The summed E-state index contributed by atoms with van der Waals surface area (Å²) in [5, 5.41) is 4.92. The summed E-state index contributed by atoms with van der Waals surface area (Å²) in [7, 11) is -7.48. The Hall–Kier alpha value is -5.96. The lowest BCUT2D eigenvalue weighted by atomic mass is 10.2. The fraction of sp³-hybridized carbons (Fsp3) is 0.0444. The maximum absolute atomic E-state index is 9.95. The summed E-state index contributed by atoms with van der Waals surface area (Å²) < 4.78 is 72.1. The van der Waals surface area contributed by atoms with Crippen LogP contribution < -0.4 is 35.9 Å². The van der Waals surface area contributed by atoms with Gasteiger partial charge in [-0.3, -0.25) is 8.97 Å². The Balaban J connectivity index is 1.25. The minimum atomic E-state index is -4.12. The summed E-state index contributed by atoms with van der Waals surface area (Å²) in [5.41, 5.74) is 4.01. The number of imidazole rings is 2. The molecule has 0 fully saturated rings. The molecule has 3 heterocycles. The van der Waals surface area contributed by atoms with Crippen LogP contribution in [0.5, 0.6) is 11.5 Å². The van der Waals surface area contributed by atoms with E-state index < -0.39 is 30.1 Å². The smallest absolute Gasteiger partial charge is 0.220 e. The third-order valence-corrected chi connectivity index (χ3v) is 16.9. The molecule has 0 bridgehead atoms. The first kappa shape index (κ1) is 23.4. The van der Waals surface area contributed by atoms with Crippen molar-refractivity contribution in [1.29, 1.82) is 1.23 Å². The molecule has 10 rings (SSSR count). The van der Waals surface area contributed by atoms with E-state index in [1.54, 1.807) is 36.4 Å². The molecule has 0 spiro atoms. The van der Waals surface area contributed by atoms with Gasteiger partial charge in [-0.05, 0) is 79.9 Å². The Morgan fingerprint density at radius 2 is 1.24 bits per heavy atom. The van der Waals surface area contributed by atoms with E-state index in [1.165, 1.54) is 0 Å².